The number of methoxy groups -OCH3 is 1. The molecule has 29 heavy (non-hydrogen) atoms. The number of carbonyl (C=O) groups excluding carboxylic acids is 1. The van der Waals surface area contributed by atoms with Gasteiger partial charge in [-0.25, -0.2) is 0 Å². The monoisotopic (exact) mass is 408 g/mol. The molecule has 0 radical (unpaired) electrons. The molecule has 1 aliphatic rings. The van der Waals surface area contributed by atoms with E-state index in [2.05, 4.69) is 29.3 Å². The highest BCUT2D eigenvalue weighted by Gasteiger charge is 2.22. The van der Waals surface area contributed by atoms with Crippen molar-refractivity contribution in [3.8, 4) is 22.8 Å². The van der Waals surface area contributed by atoms with Crippen molar-refractivity contribution < 1.29 is 9.53 Å². The van der Waals surface area contributed by atoms with Crippen molar-refractivity contribution in [1.82, 2.24) is 19.7 Å². The predicted molar refractivity (Wildman–Crippen MR) is 115 cm³/mol. The molecule has 0 aliphatic carbocycles. The zero-order valence-corrected chi connectivity index (χ0v) is 17.5. The number of benzene rings is 2. The normalized spacial score (nSPS) is 13.7. The Balaban J connectivity index is 1.70. The van der Waals surface area contributed by atoms with Gasteiger partial charge in [0.05, 0.1) is 18.4 Å². The largest absolute Gasteiger partial charge is 0.496 e. The highest BCUT2D eigenvalue weighted by Crippen LogP contribution is 2.33. The Morgan fingerprint density at radius 3 is 2.52 bits per heavy atom. The highest BCUT2D eigenvalue weighted by atomic mass is 32.2. The molecule has 7 heteroatoms. The number of aryl methyl sites for hydroxylation is 1. The minimum atomic E-state index is 0.157. The number of ether oxygens (including phenoxy) is 1. The first-order valence-electron chi connectivity index (χ1n) is 9.74. The van der Waals surface area contributed by atoms with Gasteiger partial charge in [0.15, 0.2) is 11.0 Å². The van der Waals surface area contributed by atoms with E-state index in [9.17, 15) is 4.79 Å². The zero-order valence-electron chi connectivity index (χ0n) is 16.7. The van der Waals surface area contributed by atoms with E-state index in [4.69, 9.17) is 4.74 Å². The maximum Gasteiger partial charge on any atom is 0.233 e. The van der Waals surface area contributed by atoms with Crippen molar-refractivity contribution in [2.45, 2.75) is 24.9 Å². The number of aromatic nitrogens is 3. The lowest BCUT2D eigenvalue weighted by atomic mass is 10.1. The number of thioether (sulfide) groups is 1. The Bertz CT molecular complexity index is 994. The minimum Gasteiger partial charge on any atom is -0.496 e. The fourth-order valence-electron chi connectivity index (χ4n) is 3.48. The molecule has 150 valence electrons. The average molecular weight is 409 g/mol. The SMILES string of the molecule is COc1ccccc1-c1nnc(SCC(=O)N2CCCC2)n1-c1ccc(C)cc1. The number of hydrogen-bond acceptors (Lipinski definition) is 5. The van der Waals surface area contributed by atoms with Crippen LogP contribution in [0.15, 0.2) is 53.7 Å². The molecule has 6 nitrogen and oxygen atoms in total. The van der Waals surface area contributed by atoms with Crippen molar-refractivity contribution in [3.63, 3.8) is 0 Å². The first-order valence-corrected chi connectivity index (χ1v) is 10.7. The molecule has 0 bridgehead atoms. The summed E-state index contributed by atoms with van der Waals surface area (Å²) in [5, 5.41) is 9.57. The van der Waals surface area contributed by atoms with Crippen molar-refractivity contribution in [2.75, 3.05) is 26.0 Å². The van der Waals surface area contributed by atoms with Crippen molar-refractivity contribution in [1.29, 1.82) is 0 Å². The molecule has 0 atom stereocenters. The lowest BCUT2D eigenvalue weighted by molar-refractivity contribution is -0.127. The predicted octanol–water partition coefficient (Wildman–Crippen LogP) is 3.97. The van der Waals surface area contributed by atoms with Gasteiger partial charge in [-0.2, -0.15) is 0 Å². The van der Waals surface area contributed by atoms with Gasteiger partial charge in [-0.3, -0.25) is 9.36 Å². The molecule has 1 fully saturated rings. The van der Waals surface area contributed by atoms with Crippen LogP contribution >= 0.6 is 11.8 Å². The zero-order chi connectivity index (χ0) is 20.2. The molecule has 1 saturated heterocycles. The molecule has 1 aliphatic heterocycles. The summed E-state index contributed by atoms with van der Waals surface area (Å²) in [6, 6.07) is 16.0. The van der Waals surface area contributed by atoms with Gasteiger partial charge in [-0.1, -0.05) is 41.6 Å². The van der Waals surface area contributed by atoms with Crippen molar-refractivity contribution in [3.05, 3.63) is 54.1 Å². The number of nitrogens with zero attached hydrogens (tertiary/aromatic N) is 4. The summed E-state index contributed by atoms with van der Waals surface area (Å²) in [6.45, 7) is 3.77. The summed E-state index contributed by atoms with van der Waals surface area (Å²) in [4.78, 5) is 14.4. The van der Waals surface area contributed by atoms with Crippen LogP contribution in [0.4, 0.5) is 0 Å². The van der Waals surface area contributed by atoms with Crippen LogP contribution in [0.3, 0.4) is 0 Å². The summed E-state index contributed by atoms with van der Waals surface area (Å²) in [7, 11) is 1.65. The molecule has 0 saturated carbocycles. The summed E-state index contributed by atoms with van der Waals surface area (Å²) >= 11 is 1.43. The fraction of sp³-hybridized carbons (Fsp3) is 0.318. The van der Waals surface area contributed by atoms with Crippen LogP contribution in [0.5, 0.6) is 5.75 Å². The lowest BCUT2D eigenvalue weighted by Gasteiger charge is -2.15. The number of rotatable bonds is 6. The molecule has 0 unspecified atom stereocenters. The van der Waals surface area contributed by atoms with Gasteiger partial charge in [-0.15, -0.1) is 10.2 Å². The first-order chi connectivity index (χ1) is 14.2. The molecule has 1 amide bonds. The standard InChI is InChI=1S/C22H24N4O2S/c1-16-9-11-17(12-10-16)26-21(18-7-3-4-8-19(18)28-2)23-24-22(26)29-15-20(27)25-13-5-6-14-25/h3-4,7-12H,5-6,13-15H2,1-2H3. The molecule has 1 aromatic heterocycles. The Labute approximate surface area is 174 Å². The van der Waals surface area contributed by atoms with E-state index in [-0.39, 0.29) is 5.91 Å². The quantitative estimate of drug-likeness (QED) is 0.578. The molecule has 0 spiro atoms. The highest BCUT2D eigenvalue weighted by molar-refractivity contribution is 7.99. The van der Waals surface area contributed by atoms with Crippen LogP contribution < -0.4 is 4.74 Å². The van der Waals surface area contributed by atoms with E-state index in [1.54, 1.807) is 7.11 Å². The van der Waals surface area contributed by atoms with Crippen LogP contribution in [-0.2, 0) is 4.79 Å². The summed E-state index contributed by atoms with van der Waals surface area (Å²) in [5.74, 6) is 1.95. The maximum atomic E-state index is 12.5. The van der Waals surface area contributed by atoms with Crippen LogP contribution in [0.1, 0.15) is 18.4 Å². The van der Waals surface area contributed by atoms with E-state index >= 15 is 0 Å². The summed E-state index contributed by atoms with van der Waals surface area (Å²) in [6.07, 6.45) is 2.18. The Morgan fingerprint density at radius 1 is 1.07 bits per heavy atom. The fourth-order valence-corrected chi connectivity index (χ4v) is 4.33. The van der Waals surface area contributed by atoms with Crippen molar-refractivity contribution >= 4 is 17.7 Å². The molecule has 0 N–H and O–H groups in total. The number of para-hydroxylation sites is 1. The average Bonchev–Trinajstić information content (AvgIpc) is 3.43. The maximum absolute atomic E-state index is 12.5. The van der Waals surface area contributed by atoms with Gasteiger partial charge in [0.2, 0.25) is 5.91 Å². The van der Waals surface area contributed by atoms with E-state index in [0.29, 0.717) is 16.7 Å². The third-order valence-corrected chi connectivity index (χ3v) is 5.97. The van der Waals surface area contributed by atoms with Gasteiger partial charge in [-0.05, 0) is 44.0 Å². The Morgan fingerprint density at radius 2 is 1.79 bits per heavy atom. The second kappa shape index (κ2) is 8.69. The molecular formula is C22H24N4O2S. The second-order valence-electron chi connectivity index (χ2n) is 7.05. The van der Waals surface area contributed by atoms with Crippen LogP contribution in [0, 0.1) is 6.92 Å². The number of carbonyl (C=O) groups is 1. The smallest absolute Gasteiger partial charge is 0.233 e. The van der Waals surface area contributed by atoms with E-state index in [0.717, 1.165) is 42.9 Å². The molecule has 2 aromatic carbocycles. The minimum absolute atomic E-state index is 0.157. The van der Waals surface area contributed by atoms with Crippen LogP contribution in [0.2, 0.25) is 0 Å². The number of amides is 1. The van der Waals surface area contributed by atoms with E-state index < -0.39 is 0 Å². The third kappa shape index (κ3) is 4.15. The number of hydrogen-bond donors (Lipinski definition) is 0. The summed E-state index contributed by atoms with van der Waals surface area (Å²) < 4.78 is 7.54. The van der Waals surface area contributed by atoms with Gasteiger partial charge < -0.3 is 9.64 Å². The molecular weight excluding hydrogens is 384 g/mol. The Kier molecular flexibility index (Phi) is 5.85. The Hall–Kier alpha value is -2.80. The molecule has 3 aromatic rings. The third-order valence-electron chi connectivity index (χ3n) is 5.06. The summed E-state index contributed by atoms with van der Waals surface area (Å²) in [5.41, 5.74) is 3.00. The van der Waals surface area contributed by atoms with Crippen LogP contribution in [-0.4, -0.2) is 51.5 Å². The molecule has 4 rings (SSSR count). The second-order valence-corrected chi connectivity index (χ2v) is 8.00. The number of likely N-dealkylation sites (tertiary alicyclic amines) is 1. The van der Waals surface area contributed by atoms with Gasteiger partial charge >= 0.3 is 0 Å². The van der Waals surface area contributed by atoms with E-state index in [1.807, 2.05) is 45.9 Å². The lowest BCUT2D eigenvalue weighted by Crippen LogP contribution is -2.29. The van der Waals surface area contributed by atoms with E-state index in [1.165, 1.54) is 17.3 Å². The topological polar surface area (TPSA) is 60.3 Å². The first kappa shape index (κ1) is 19.5. The van der Waals surface area contributed by atoms with Gasteiger partial charge in [0.25, 0.3) is 0 Å². The van der Waals surface area contributed by atoms with Gasteiger partial charge in [0, 0.05) is 18.8 Å². The van der Waals surface area contributed by atoms with Gasteiger partial charge in [0.1, 0.15) is 5.75 Å². The van der Waals surface area contributed by atoms with Crippen molar-refractivity contribution in [2.24, 2.45) is 0 Å². The molecule has 2 heterocycles. The van der Waals surface area contributed by atoms with Crippen LogP contribution in [0.25, 0.3) is 17.1 Å².